The van der Waals surface area contributed by atoms with Gasteiger partial charge in [-0.25, -0.2) is 0 Å². The molecule has 0 bridgehead atoms. The van der Waals surface area contributed by atoms with Crippen LogP contribution in [0.1, 0.15) is 31.4 Å². The number of rotatable bonds is 6. The van der Waals surface area contributed by atoms with Gasteiger partial charge in [-0.05, 0) is 37.5 Å². The molecule has 5 heteroatoms. The number of hydrogen-bond donors (Lipinski definition) is 0. The first kappa shape index (κ1) is 17.6. The van der Waals surface area contributed by atoms with E-state index in [2.05, 4.69) is 14.8 Å². The van der Waals surface area contributed by atoms with Gasteiger partial charge in [0.2, 0.25) is 0 Å². The molecule has 0 atom stereocenters. The molecule has 0 saturated heterocycles. The maximum atomic E-state index is 12.7. The molecule has 3 aromatic rings. The lowest BCUT2D eigenvalue weighted by Gasteiger charge is -2.24. The van der Waals surface area contributed by atoms with Crippen LogP contribution in [0.2, 0.25) is 0 Å². The number of ketones is 1. The summed E-state index contributed by atoms with van der Waals surface area (Å²) in [7, 11) is 0. The predicted octanol–water partition coefficient (Wildman–Crippen LogP) is 4.77. The summed E-state index contributed by atoms with van der Waals surface area (Å²) in [5.74, 6) is 0.447. The van der Waals surface area contributed by atoms with Gasteiger partial charge in [-0.3, -0.25) is 9.78 Å². The molecule has 2 aromatic heterocycles. The van der Waals surface area contributed by atoms with Crippen molar-refractivity contribution < 1.29 is 9.21 Å². The van der Waals surface area contributed by atoms with Crippen molar-refractivity contribution in [3.05, 3.63) is 77.8 Å². The summed E-state index contributed by atoms with van der Waals surface area (Å²) in [4.78, 5) is 24.3. The van der Waals surface area contributed by atoms with Crippen LogP contribution in [0.3, 0.4) is 0 Å². The lowest BCUT2D eigenvalue weighted by Crippen LogP contribution is -2.29. The maximum absolute atomic E-state index is 12.7. The fourth-order valence-electron chi connectivity index (χ4n) is 2.77. The van der Waals surface area contributed by atoms with Crippen molar-refractivity contribution in [2.45, 2.75) is 32.1 Å². The van der Waals surface area contributed by atoms with E-state index in [0.29, 0.717) is 18.5 Å². The van der Waals surface area contributed by atoms with Gasteiger partial charge in [0, 0.05) is 17.4 Å². The zero-order chi connectivity index (χ0) is 18.6. The number of Topliss-reactive ketones (excluding diaryl/α,β-unsaturated/α-hetero) is 1. The average Bonchev–Trinajstić information content (AvgIpc) is 3.19. The third-order valence-electron chi connectivity index (χ3n) is 4.56. The maximum Gasteiger partial charge on any atom is 0.288 e. The lowest BCUT2D eigenvalue weighted by atomic mass is 9.78. The number of carbonyl (C=O) groups is 1. The van der Waals surface area contributed by atoms with Crippen molar-refractivity contribution in [2.75, 3.05) is 0 Å². The highest BCUT2D eigenvalue weighted by Gasteiger charge is 2.29. The Morgan fingerprint density at radius 3 is 2.62 bits per heavy atom. The Morgan fingerprint density at radius 2 is 1.96 bits per heavy atom. The Hall–Kier alpha value is -3.26. The van der Waals surface area contributed by atoms with E-state index in [1.54, 1.807) is 18.7 Å². The number of benzene rings is 1. The van der Waals surface area contributed by atoms with Gasteiger partial charge in [-0.1, -0.05) is 30.8 Å². The molecule has 0 spiro atoms. The minimum absolute atomic E-state index is 0.182. The highest BCUT2D eigenvalue weighted by atomic mass is 16.3. The minimum Gasteiger partial charge on any atom is -0.472 e. The van der Waals surface area contributed by atoms with Crippen LogP contribution in [0, 0.1) is 6.57 Å². The SMILES string of the molecule is [C-]#[N+]c1cncc(-c2ccc(C(C)(C)C(=O)CCc3ccoc3)cc2)n1. The lowest BCUT2D eigenvalue weighted by molar-refractivity contribution is -0.123. The molecule has 0 aliphatic heterocycles. The third-order valence-corrected chi connectivity index (χ3v) is 4.56. The highest BCUT2D eigenvalue weighted by molar-refractivity contribution is 5.89. The zero-order valence-corrected chi connectivity index (χ0v) is 14.8. The van der Waals surface area contributed by atoms with E-state index in [-0.39, 0.29) is 11.6 Å². The molecular weight excluding hydrogens is 326 g/mol. The molecule has 0 aliphatic rings. The first-order valence-corrected chi connectivity index (χ1v) is 8.35. The highest BCUT2D eigenvalue weighted by Crippen LogP contribution is 2.28. The van der Waals surface area contributed by atoms with Crippen molar-refractivity contribution in [3.63, 3.8) is 0 Å². The van der Waals surface area contributed by atoms with Gasteiger partial charge in [-0.15, -0.1) is 4.98 Å². The van der Waals surface area contributed by atoms with Crippen LogP contribution in [0.25, 0.3) is 16.1 Å². The second-order valence-corrected chi connectivity index (χ2v) is 6.63. The first-order chi connectivity index (χ1) is 12.5. The van der Waals surface area contributed by atoms with Gasteiger partial charge in [0.15, 0.2) is 5.69 Å². The van der Waals surface area contributed by atoms with Crippen molar-refractivity contribution >= 4 is 11.6 Å². The summed E-state index contributed by atoms with van der Waals surface area (Å²) in [5.41, 5.74) is 2.92. The molecule has 5 nitrogen and oxygen atoms in total. The fraction of sp³-hybridized carbons (Fsp3) is 0.238. The average molecular weight is 345 g/mol. The summed E-state index contributed by atoms with van der Waals surface area (Å²) >= 11 is 0. The minimum atomic E-state index is -0.577. The third kappa shape index (κ3) is 3.70. The summed E-state index contributed by atoms with van der Waals surface area (Å²) in [6, 6.07) is 9.60. The first-order valence-electron chi connectivity index (χ1n) is 8.35. The van der Waals surface area contributed by atoms with Crippen LogP contribution < -0.4 is 0 Å². The van der Waals surface area contributed by atoms with Gasteiger partial charge in [0.25, 0.3) is 5.82 Å². The molecule has 0 amide bonds. The topological polar surface area (TPSA) is 60.4 Å². The Bertz CT molecular complexity index is 936. The van der Waals surface area contributed by atoms with Gasteiger partial charge >= 0.3 is 0 Å². The molecular formula is C21H19N3O2. The molecule has 26 heavy (non-hydrogen) atoms. The van der Waals surface area contributed by atoms with E-state index < -0.39 is 5.41 Å². The largest absolute Gasteiger partial charge is 0.472 e. The van der Waals surface area contributed by atoms with Gasteiger partial charge < -0.3 is 9.26 Å². The van der Waals surface area contributed by atoms with E-state index in [4.69, 9.17) is 11.0 Å². The van der Waals surface area contributed by atoms with Crippen LogP contribution in [0.4, 0.5) is 5.82 Å². The Labute approximate surface area is 152 Å². The van der Waals surface area contributed by atoms with Gasteiger partial charge in [-0.2, -0.15) is 0 Å². The summed E-state index contributed by atoms with van der Waals surface area (Å²) in [6.07, 6.45) is 7.50. The van der Waals surface area contributed by atoms with Crippen LogP contribution in [-0.2, 0) is 16.6 Å². The molecule has 0 fully saturated rings. The molecule has 0 N–H and O–H groups in total. The second kappa shape index (κ2) is 7.32. The number of nitrogens with zero attached hydrogens (tertiary/aromatic N) is 3. The van der Waals surface area contributed by atoms with E-state index in [9.17, 15) is 4.79 Å². The van der Waals surface area contributed by atoms with Crippen molar-refractivity contribution in [1.29, 1.82) is 0 Å². The van der Waals surface area contributed by atoms with Gasteiger partial charge in [0.05, 0.1) is 24.9 Å². The molecule has 0 saturated carbocycles. The van der Waals surface area contributed by atoms with Crippen LogP contribution in [0.15, 0.2) is 59.7 Å². The smallest absolute Gasteiger partial charge is 0.288 e. The fourth-order valence-corrected chi connectivity index (χ4v) is 2.77. The monoisotopic (exact) mass is 345 g/mol. The molecule has 0 aliphatic carbocycles. The summed E-state index contributed by atoms with van der Waals surface area (Å²) in [5, 5.41) is 0. The number of aromatic nitrogens is 2. The van der Waals surface area contributed by atoms with E-state index in [0.717, 1.165) is 16.7 Å². The number of carbonyl (C=O) groups excluding carboxylic acids is 1. The summed E-state index contributed by atoms with van der Waals surface area (Å²) < 4.78 is 5.05. The predicted molar refractivity (Wildman–Crippen MR) is 98.8 cm³/mol. The Kier molecular flexibility index (Phi) is 4.94. The Balaban J connectivity index is 1.75. The van der Waals surface area contributed by atoms with Gasteiger partial charge in [0.1, 0.15) is 5.78 Å². The second-order valence-electron chi connectivity index (χ2n) is 6.63. The van der Waals surface area contributed by atoms with Crippen LogP contribution in [0.5, 0.6) is 0 Å². The normalized spacial score (nSPS) is 11.1. The molecule has 2 heterocycles. The molecule has 1 aromatic carbocycles. The number of aryl methyl sites for hydroxylation is 1. The van der Waals surface area contributed by atoms with E-state index >= 15 is 0 Å². The van der Waals surface area contributed by atoms with Crippen molar-refractivity contribution in [3.8, 4) is 11.3 Å². The van der Waals surface area contributed by atoms with Crippen molar-refractivity contribution in [1.82, 2.24) is 9.97 Å². The quantitative estimate of drug-likeness (QED) is 0.604. The zero-order valence-electron chi connectivity index (χ0n) is 14.8. The molecule has 130 valence electrons. The number of hydrogen-bond acceptors (Lipinski definition) is 4. The molecule has 0 radical (unpaired) electrons. The molecule has 3 rings (SSSR count). The standard InChI is InChI=1S/C21H19N3O2/c1-21(2,19(25)9-4-15-10-11-26-14-15)17-7-5-16(6-8-17)18-12-23-13-20(22-3)24-18/h5-8,10-14H,4,9H2,1-2H3. The van der Waals surface area contributed by atoms with E-state index in [1.807, 2.05) is 44.2 Å². The van der Waals surface area contributed by atoms with Crippen LogP contribution in [-0.4, -0.2) is 15.8 Å². The number of furan rings is 1. The van der Waals surface area contributed by atoms with Crippen molar-refractivity contribution in [2.24, 2.45) is 0 Å². The Morgan fingerprint density at radius 1 is 1.19 bits per heavy atom. The molecule has 0 unspecified atom stereocenters. The van der Waals surface area contributed by atoms with Crippen LogP contribution >= 0.6 is 0 Å². The summed E-state index contributed by atoms with van der Waals surface area (Å²) in [6.45, 7) is 10.9. The van der Waals surface area contributed by atoms with E-state index in [1.165, 1.54) is 6.20 Å².